The van der Waals surface area contributed by atoms with Gasteiger partial charge in [0.1, 0.15) is 6.07 Å². The molecule has 1 saturated heterocycles. The topological polar surface area (TPSA) is 64.8 Å². The summed E-state index contributed by atoms with van der Waals surface area (Å²) in [5.74, 6) is 1.37. The molecule has 0 radical (unpaired) electrons. The van der Waals surface area contributed by atoms with E-state index in [1.165, 1.54) is 19.4 Å². The van der Waals surface area contributed by atoms with E-state index in [9.17, 15) is 0 Å². The molecule has 1 aliphatic heterocycles. The van der Waals surface area contributed by atoms with Gasteiger partial charge in [0.05, 0.1) is 0 Å². The zero-order valence-electron chi connectivity index (χ0n) is 11.6. The van der Waals surface area contributed by atoms with Crippen LogP contribution in [0.15, 0.2) is 12.4 Å². The molecule has 0 spiro atoms. The van der Waals surface area contributed by atoms with Crippen LogP contribution in [-0.4, -0.2) is 40.5 Å². The van der Waals surface area contributed by atoms with Gasteiger partial charge >= 0.3 is 0 Å². The first-order chi connectivity index (χ1) is 9.19. The Morgan fingerprint density at radius 2 is 2.32 bits per heavy atom. The zero-order chi connectivity index (χ0) is 13.7. The van der Waals surface area contributed by atoms with E-state index in [2.05, 4.69) is 40.1 Å². The van der Waals surface area contributed by atoms with Crippen LogP contribution >= 0.6 is 0 Å². The number of nitrogens with one attached hydrogen (secondary N) is 1. The van der Waals surface area contributed by atoms with Crippen molar-refractivity contribution >= 4 is 5.82 Å². The molecular weight excluding hydrogens is 238 g/mol. The van der Waals surface area contributed by atoms with E-state index in [0.717, 1.165) is 19.0 Å². The van der Waals surface area contributed by atoms with Crippen molar-refractivity contribution in [3.05, 3.63) is 18.1 Å². The second kappa shape index (κ2) is 6.48. The van der Waals surface area contributed by atoms with Gasteiger partial charge in [-0.3, -0.25) is 0 Å². The number of piperidine rings is 1. The summed E-state index contributed by atoms with van der Waals surface area (Å²) >= 11 is 0. The van der Waals surface area contributed by atoms with Crippen molar-refractivity contribution < 1.29 is 0 Å². The fraction of sp³-hybridized carbons (Fsp3) is 0.643. The molecule has 1 aliphatic rings. The molecule has 102 valence electrons. The minimum Gasteiger partial charge on any atom is -0.364 e. The van der Waals surface area contributed by atoms with Gasteiger partial charge in [-0.15, -0.1) is 0 Å². The molecule has 2 heterocycles. The molecule has 5 nitrogen and oxygen atoms in total. The number of nitrogens with zero attached hydrogens (tertiary/aromatic N) is 4. The molecule has 0 bridgehead atoms. The first-order valence-electron chi connectivity index (χ1n) is 6.89. The largest absolute Gasteiger partial charge is 0.364 e. The summed E-state index contributed by atoms with van der Waals surface area (Å²) in [6.45, 7) is 7.74. The fourth-order valence-electron chi connectivity index (χ4n) is 2.64. The molecule has 2 unspecified atom stereocenters. The van der Waals surface area contributed by atoms with Gasteiger partial charge in [-0.1, -0.05) is 6.92 Å². The van der Waals surface area contributed by atoms with Gasteiger partial charge in [-0.05, 0) is 32.2 Å². The van der Waals surface area contributed by atoms with Gasteiger partial charge in [0, 0.05) is 31.5 Å². The summed E-state index contributed by atoms with van der Waals surface area (Å²) < 4.78 is 0. The summed E-state index contributed by atoms with van der Waals surface area (Å²) in [4.78, 5) is 10.7. The quantitative estimate of drug-likeness (QED) is 0.894. The van der Waals surface area contributed by atoms with Crippen LogP contribution in [0.25, 0.3) is 0 Å². The summed E-state index contributed by atoms with van der Waals surface area (Å²) in [5.41, 5.74) is 0.362. The minimum absolute atomic E-state index is 0.258. The second-order valence-electron chi connectivity index (χ2n) is 5.42. The maximum atomic E-state index is 8.98. The van der Waals surface area contributed by atoms with Crippen LogP contribution in [0.2, 0.25) is 0 Å². The van der Waals surface area contributed by atoms with Crippen molar-refractivity contribution in [1.82, 2.24) is 14.9 Å². The molecule has 2 atom stereocenters. The van der Waals surface area contributed by atoms with Gasteiger partial charge < -0.3 is 10.2 Å². The molecule has 0 saturated carbocycles. The zero-order valence-corrected chi connectivity index (χ0v) is 11.6. The van der Waals surface area contributed by atoms with Crippen LogP contribution in [0, 0.1) is 17.2 Å². The molecule has 0 amide bonds. The standard InChI is InChI=1S/C14H21N5/c1-11-4-3-7-19(9-11)10-12(2)18-14-13(8-15)16-5-6-17-14/h5-6,11-12H,3-4,7,9-10H2,1-2H3,(H,17,18). The van der Waals surface area contributed by atoms with Crippen molar-refractivity contribution in [2.75, 3.05) is 25.0 Å². The SMILES string of the molecule is CC1CCCN(CC(C)Nc2nccnc2C#N)C1. The Kier molecular flexibility index (Phi) is 4.69. The van der Waals surface area contributed by atoms with Gasteiger partial charge in [-0.25, -0.2) is 9.97 Å². The Morgan fingerprint density at radius 1 is 1.53 bits per heavy atom. The van der Waals surface area contributed by atoms with Crippen molar-refractivity contribution in [3.8, 4) is 6.07 Å². The summed E-state index contributed by atoms with van der Waals surface area (Å²) in [5, 5.41) is 12.3. The lowest BCUT2D eigenvalue weighted by Crippen LogP contribution is -2.41. The lowest BCUT2D eigenvalue weighted by Gasteiger charge is -2.33. The first-order valence-corrected chi connectivity index (χ1v) is 6.89. The number of likely N-dealkylation sites (tertiary alicyclic amines) is 1. The Morgan fingerprint density at radius 3 is 3.05 bits per heavy atom. The van der Waals surface area contributed by atoms with Gasteiger partial charge in [-0.2, -0.15) is 5.26 Å². The summed E-state index contributed by atoms with van der Waals surface area (Å²) in [6.07, 6.45) is 5.77. The second-order valence-corrected chi connectivity index (χ2v) is 5.42. The normalized spacial score (nSPS) is 21.6. The molecular formula is C14H21N5. The van der Waals surface area contributed by atoms with Crippen LogP contribution in [0.1, 0.15) is 32.4 Å². The van der Waals surface area contributed by atoms with Crippen LogP contribution in [-0.2, 0) is 0 Å². The maximum Gasteiger partial charge on any atom is 0.182 e. The Balaban J connectivity index is 1.90. The number of hydrogen-bond acceptors (Lipinski definition) is 5. The predicted octanol–water partition coefficient (Wildman–Crippen LogP) is 1.88. The van der Waals surface area contributed by atoms with E-state index in [1.54, 1.807) is 12.4 Å². The van der Waals surface area contributed by atoms with E-state index in [-0.39, 0.29) is 6.04 Å². The highest BCUT2D eigenvalue weighted by Crippen LogP contribution is 2.16. The third kappa shape index (κ3) is 3.90. The Hall–Kier alpha value is -1.67. The van der Waals surface area contributed by atoms with Crippen LogP contribution < -0.4 is 5.32 Å². The van der Waals surface area contributed by atoms with E-state index in [1.807, 2.05) is 0 Å². The summed E-state index contributed by atoms with van der Waals surface area (Å²) in [7, 11) is 0. The number of anilines is 1. The van der Waals surface area contributed by atoms with Crippen molar-refractivity contribution in [2.24, 2.45) is 5.92 Å². The third-order valence-corrected chi connectivity index (χ3v) is 3.46. The molecule has 1 aromatic rings. The Labute approximate surface area is 114 Å². The number of rotatable bonds is 4. The molecule has 5 heteroatoms. The van der Waals surface area contributed by atoms with Crippen molar-refractivity contribution in [2.45, 2.75) is 32.7 Å². The van der Waals surface area contributed by atoms with Crippen LogP contribution in [0.3, 0.4) is 0 Å². The Bertz CT molecular complexity index is 453. The maximum absolute atomic E-state index is 8.98. The molecule has 1 aromatic heterocycles. The molecule has 1 N–H and O–H groups in total. The van der Waals surface area contributed by atoms with E-state index < -0.39 is 0 Å². The van der Waals surface area contributed by atoms with E-state index >= 15 is 0 Å². The smallest absolute Gasteiger partial charge is 0.182 e. The van der Waals surface area contributed by atoms with Crippen LogP contribution in [0.5, 0.6) is 0 Å². The highest BCUT2D eigenvalue weighted by atomic mass is 15.2. The summed E-state index contributed by atoms with van der Waals surface area (Å²) in [6, 6.07) is 2.32. The van der Waals surface area contributed by atoms with Crippen LogP contribution in [0.4, 0.5) is 5.82 Å². The molecule has 0 aliphatic carbocycles. The molecule has 19 heavy (non-hydrogen) atoms. The van der Waals surface area contributed by atoms with Gasteiger partial charge in [0.15, 0.2) is 11.5 Å². The highest BCUT2D eigenvalue weighted by Gasteiger charge is 2.18. The van der Waals surface area contributed by atoms with Crippen molar-refractivity contribution in [1.29, 1.82) is 5.26 Å². The van der Waals surface area contributed by atoms with Gasteiger partial charge in [0.25, 0.3) is 0 Å². The average molecular weight is 259 g/mol. The van der Waals surface area contributed by atoms with Gasteiger partial charge in [0.2, 0.25) is 0 Å². The predicted molar refractivity (Wildman–Crippen MR) is 74.7 cm³/mol. The average Bonchev–Trinajstić information content (AvgIpc) is 2.39. The monoisotopic (exact) mass is 259 g/mol. The highest BCUT2D eigenvalue weighted by molar-refractivity contribution is 5.47. The molecule has 2 rings (SSSR count). The van der Waals surface area contributed by atoms with E-state index in [4.69, 9.17) is 5.26 Å². The number of nitriles is 1. The minimum atomic E-state index is 0.258. The first kappa shape index (κ1) is 13.8. The molecule has 1 fully saturated rings. The number of aromatic nitrogens is 2. The lowest BCUT2D eigenvalue weighted by molar-refractivity contribution is 0.180. The fourth-order valence-corrected chi connectivity index (χ4v) is 2.64. The number of hydrogen-bond donors (Lipinski definition) is 1. The lowest BCUT2D eigenvalue weighted by atomic mass is 10.00. The third-order valence-electron chi connectivity index (χ3n) is 3.46. The van der Waals surface area contributed by atoms with E-state index in [0.29, 0.717) is 11.5 Å². The molecule has 0 aromatic carbocycles. The van der Waals surface area contributed by atoms with Crippen molar-refractivity contribution in [3.63, 3.8) is 0 Å².